The second-order valence-electron chi connectivity index (χ2n) is 7.26. The summed E-state index contributed by atoms with van der Waals surface area (Å²) in [7, 11) is 2.34. The molecule has 1 heterocycles. The molecule has 21 heavy (non-hydrogen) atoms. The van der Waals surface area contributed by atoms with Gasteiger partial charge < -0.3 is 9.64 Å². The smallest absolute Gasteiger partial charge is 0.119 e. The molecule has 2 aliphatic carbocycles. The van der Waals surface area contributed by atoms with Crippen LogP contribution in [0.1, 0.15) is 50.2 Å². The van der Waals surface area contributed by atoms with Gasteiger partial charge in [0.2, 0.25) is 0 Å². The number of hydrogen-bond acceptors (Lipinski definition) is 2. The highest BCUT2D eigenvalue weighted by molar-refractivity contribution is 5.45. The summed E-state index contributed by atoms with van der Waals surface area (Å²) in [5.74, 6) is 1.95. The molecular formula is C19H27NO. The largest absolute Gasteiger partial charge is 0.494 e. The molecule has 114 valence electrons. The van der Waals surface area contributed by atoms with E-state index in [1.165, 1.54) is 45.1 Å². The zero-order chi connectivity index (χ0) is 14.4. The van der Waals surface area contributed by atoms with Gasteiger partial charge in [-0.25, -0.2) is 0 Å². The Labute approximate surface area is 128 Å². The summed E-state index contributed by atoms with van der Waals surface area (Å²) in [6.07, 6.45) is 8.23. The lowest BCUT2D eigenvalue weighted by atomic mass is 9.52. The topological polar surface area (TPSA) is 12.5 Å². The molecular weight excluding hydrogens is 258 g/mol. The zero-order valence-electron chi connectivity index (χ0n) is 13.4. The van der Waals surface area contributed by atoms with Gasteiger partial charge in [0.05, 0.1) is 6.61 Å². The Morgan fingerprint density at radius 2 is 2.19 bits per heavy atom. The predicted octanol–water partition coefficient (Wildman–Crippen LogP) is 3.77. The third kappa shape index (κ3) is 1.95. The van der Waals surface area contributed by atoms with Gasteiger partial charge in [-0.3, -0.25) is 0 Å². The second kappa shape index (κ2) is 5.01. The molecule has 1 saturated carbocycles. The van der Waals surface area contributed by atoms with Crippen LogP contribution in [0.5, 0.6) is 5.75 Å². The van der Waals surface area contributed by atoms with Crippen molar-refractivity contribution in [3.8, 4) is 5.75 Å². The van der Waals surface area contributed by atoms with Crippen LogP contribution in [0.3, 0.4) is 0 Å². The number of nitrogens with zero attached hydrogens (tertiary/aromatic N) is 1. The van der Waals surface area contributed by atoms with Crippen molar-refractivity contribution in [1.29, 1.82) is 0 Å². The minimum absolute atomic E-state index is 0.454. The van der Waals surface area contributed by atoms with E-state index in [1.54, 1.807) is 11.1 Å². The summed E-state index contributed by atoms with van der Waals surface area (Å²) in [6.45, 7) is 4.10. The zero-order valence-corrected chi connectivity index (χ0v) is 13.4. The van der Waals surface area contributed by atoms with E-state index in [1.807, 2.05) is 0 Å². The number of likely N-dealkylation sites (tertiary alicyclic amines) is 1. The van der Waals surface area contributed by atoms with E-state index in [-0.39, 0.29) is 0 Å². The number of fused-ring (bicyclic) bond motifs is 1. The van der Waals surface area contributed by atoms with Crippen molar-refractivity contribution in [1.82, 2.24) is 4.90 Å². The van der Waals surface area contributed by atoms with E-state index < -0.39 is 0 Å². The monoisotopic (exact) mass is 285 g/mol. The molecule has 2 heteroatoms. The van der Waals surface area contributed by atoms with Crippen molar-refractivity contribution in [3.05, 3.63) is 29.3 Å². The molecule has 0 N–H and O–H groups in total. The Kier molecular flexibility index (Phi) is 3.25. The Hall–Kier alpha value is -1.02. The van der Waals surface area contributed by atoms with Crippen LogP contribution in [-0.2, 0) is 11.8 Å². The van der Waals surface area contributed by atoms with Crippen molar-refractivity contribution in [2.75, 3.05) is 20.2 Å². The molecule has 1 saturated heterocycles. The quantitative estimate of drug-likeness (QED) is 0.820. The average molecular weight is 285 g/mol. The normalized spacial score (nSPS) is 35.0. The first-order valence-electron chi connectivity index (χ1n) is 8.71. The summed E-state index contributed by atoms with van der Waals surface area (Å²) in [6, 6.07) is 7.68. The van der Waals surface area contributed by atoms with Crippen molar-refractivity contribution >= 4 is 0 Å². The third-order valence-corrected chi connectivity index (χ3v) is 6.40. The summed E-state index contributed by atoms with van der Waals surface area (Å²) >= 11 is 0. The van der Waals surface area contributed by atoms with Gasteiger partial charge in [0, 0.05) is 11.5 Å². The Balaban J connectivity index is 1.83. The van der Waals surface area contributed by atoms with Gasteiger partial charge in [-0.1, -0.05) is 18.9 Å². The van der Waals surface area contributed by atoms with Crippen LogP contribution >= 0.6 is 0 Å². The van der Waals surface area contributed by atoms with Crippen LogP contribution in [0.25, 0.3) is 0 Å². The van der Waals surface area contributed by atoms with E-state index in [0.29, 0.717) is 5.41 Å². The van der Waals surface area contributed by atoms with Crippen molar-refractivity contribution < 1.29 is 4.74 Å². The van der Waals surface area contributed by atoms with Crippen LogP contribution in [-0.4, -0.2) is 31.1 Å². The maximum absolute atomic E-state index is 5.80. The van der Waals surface area contributed by atoms with Crippen LogP contribution in [0.2, 0.25) is 0 Å². The minimum atomic E-state index is 0.454. The number of ether oxygens (including phenoxy) is 1. The molecule has 0 radical (unpaired) electrons. The SMILES string of the molecule is CCOc1ccc2c(c1)[C@@]13CCCC[C@@H]1[C@@H](C2)N(C)CC3. The number of benzene rings is 1. The average Bonchev–Trinajstić information content (AvgIpc) is 2.52. The van der Waals surface area contributed by atoms with Gasteiger partial charge in [0.15, 0.2) is 0 Å². The van der Waals surface area contributed by atoms with E-state index in [9.17, 15) is 0 Å². The van der Waals surface area contributed by atoms with Crippen molar-refractivity contribution in [2.24, 2.45) is 5.92 Å². The molecule has 2 nitrogen and oxygen atoms in total. The minimum Gasteiger partial charge on any atom is -0.494 e. The van der Waals surface area contributed by atoms with E-state index in [0.717, 1.165) is 24.3 Å². The van der Waals surface area contributed by atoms with Gasteiger partial charge >= 0.3 is 0 Å². The molecule has 1 aromatic rings. The molecule has 3 atom stereocenters. The fraction of sp³-hybridized carbons (Fsp3) is 0.684. The molecule has 1 aromatic carbocycles. The van der Waals surface area contributed by atoms with Gasteiger partial charge in [0.1, 0.15) is 5.75 Å². The predicted molar refractivity (Wildman–Crippen MR) is 86.0 cm³/mol. The molecule has 2 bridgehead atoms. The summed E-state index contributed by atoms with van der Waals surface area (Å²) in [4.78, 5) is 2.63. The van der Waals surface area contributed by atoms with Crippen LogP contribution in [0, 0.1) is 5.92 Å². The lowest BCUT2D eigenvalue weighted by Crippen LogP contribution is -2.59. The fourth-order valence-electron chi connectivity index (χ4n) is 5.43. The second-order valence-corrected chi connectivity index (χ2v) is 7.26. The van der Waals surface area contributed by atoms with Crippen LogP contribution < -0.4 is 4.74 Å². The van der Waals surface area contributed by atoms with Gasteiger partial charge in [0.25, 0.3) is 0 Å². The molecule has 0 amide bonds. The van der Waals surface area contributed by atoms with Gasteiger partial charge in [-0.2, -0.15) is 0 Å². The Bertz CT molecular complexity index is 540. The summed E-state index contributed by atoms with van der Waals surface area (Å²) in [5.41, 5.74) is 3.69. The highest BCUT2D eigenvalue weighted by Crippen LogP contribution is 2.55. The number of hydrogen-bond donors (Lipinski definition) is 0. The van der Waals surface area contributed by atoms with Crippen LogP contribution in [0.15, 0.2) is 18.2 Å². The first-order chi connectivity index (χ1) is 10.2. The van der Waals surface area contributed by atoms with Crippen LogP contribution in [0.4, 0.5) is 0 Å². The fourth-order valence-corrected chi connectivity index (χ4v) is 5.43. The number of rotatable bonds is 2. The van der Waals surface area contributed by atoms with Gasteiger partial charge in [-0.15, -0.1) is 0 Å². The van der Waals surface area contributed by atoms with E-state index >= 15 is 0 Å². The highest BCUT2D eigenvalue weighted by atomic mass is 16.5. The van der Waals surface area contributed by atoms with E-state index in [2.05, 4.69) is 37.1 Å². The molecule has 0 unspecified atom stereocenters. The lowest BCUT2D eigenvalue weighted by Gasteiger charge is -2.58. The number of piperidine rings is 1. The molecule has 4 rings (SSSR count). The Morgan fingerprint density at radius 1 is 1.29 bits per heavy atom. The molecule has 1 aliphatic heterocycles. The lowest BCUT2D eigenvalue weighted by molar-refractivity contribution is 0.00271. The van der Waals surface area contributed by atoms with Crippen molar-refractivity contribution in [3.63, 3.8) is 0 Å². The standard InChI is InChI=1S/C19H27NO/c1-3-21-15-8-7-14-12-18-16-6-4-5-9-19(16,17(14)13-15)10-11-20(18)2/h7-8,13,16,18H,3-6,9-12H2,1-2H3/t16-,18-,19-/m1/s1. The van der Waals surface area contributed by atoms with Crippen molar-refractivity contribution in [2.45, 2.75) is 56.9 Å². The Morgan fingerprint density at radius 3 is 3.05 bits per heavy atom. The maximum atomic E-state index is 5.80. The summed E-state index contributed by atoms with van der Waals surface area (Å²) in [5, 5.41) is 0. The third-order valence-electron chi connectivity index (χ3n) is 6.40. The molecule has 3 aliphatic rings. The molecule has 0 aromatic heterocycles. The first-order valence-corrected chi connectivity index (χ1v) is 8.71. The summed E-state index contributed by atoms with van der Waals surface area (Å²) < 4.78 is 5.80. The highest BCUT2D eigenvalue weighted by Gasteiger charge is 2.53. The van der Waals surface area contributed by atoms with E-state index in [4.69, 9.17) is 4.74 Å². The number of likely N-dealkylation sites (N-methyl/N-ethyl adjacent to an activating group) is 1. The molecule has 0 spiro atoms. The first kappa shape index (κ1) is 13.6. The van der Waals surface area contributed by atoms with Gasteiger partial charge in [-0.05, 0) is 75.4 Å². The molecule has 2 fully saturated rings. The maximum Gasteiger partial charge on any atom is 0.119 e.